The minimum atomic E-state index is -5.64. The third kappa shape index (κ3) is 3.78. The molecule has 0 amide bonds. The Morgan fingerprint density at radius 1 is 1.09 bits per heavy atom. The Morgan fingerprint density at radius 2 is 1.55 bits per heavy atom. The van der Waals surface area contributed by atoms with Gasteiger partial charge in [0.15, 0.2) is 0 Å². The van der Waals surface area contributed by atoms with Crippen molar-refractivity contribution in [2.45, 2.75) is 51.0 Å². The van der Waals surface area contributed by atoms with Crippen LogP contribution in [0.1, 0.15) is 27.7 Å². The fourth-order valence-electron chi connectivity index (χ4n) is 1.55. The minimum Gasteiger partial charge on any atom is -0.399 e. The fraction of sp³-hybridized carbons (Fsp3) is 0.750. The molecule has 0 radical (unpaired) electrons. The largest absolute Gasteiger partial charge is 0.497 e. The minimum absolute atomic E-state index is 0.0108. The van der Waals surface area contributed by atoms with Crippen LogP contribution < -0.4 is 5.32 Å². The molecule has 0 unspecified atom stereocenters. The van der Waals surface area contributed by atoms with E-state index in [1.54, 1.807) is 27.7 Å². The molecule has 0 spiro atoms. The Hall–Kier alpha value is -1.16. The monoisotopic (exact) mass is 328 g/mol. The van der Waals surface area contributed by atoms with E-state index in [0.717, 1.165) is 12.4 Å². The molecule has 0 aromatic rings. The van der Waals surface area contributed by atoms with Gasteiger partial charge in [0.2, 0.25) is 0 Å². The van der Waals surface area contributed by atoms with Gasteiger partial charge in [0.1, 0.15) is 0 Å². The topological polar surface area (TPSA) is 54.3 Å². The number of alkyl halides is 5. The molecule has 2 N–H and O–H groups in total. The van der Waals surface area contributed by atoms with Gasteiger partial charge in [0.05, 0.1) is 17.7 Å². The van der Waals surface area contributed by atoms with Crippen LogP contribution in [-0.4, -0.2) is 43.2 Å². The quantitative estimate of drug-likeness (QED) is 0.463. The van der Waals surface area contributed by atoms with E-state index in [1.165, 1.54) is 0 Å². The highest BCUT2D eigenvalue weighted by molar-refractivity contribution is 6.60. The lowest BCUT2D eigenvalue weighted by atomic mass is 9.79. The maximum Gasteiger partial charge on any atom is 0.497 e. The van der Waals surface area contributed by atoms with Crippen molar-refractivity contribution in [2.24, 2.45) is 0 Å². The Morgan fingerprint density at radius 3 is 1.91 bits per heavy atom. The zero-order chi connectivity index (χ0) is 17.4. The summed E-state index contributed by atoms with van der Waals surface area (Å²) in [7, 11) is -1.02. The molecule has 0 bridgehead atoms. The average molecular weight is 328 g/mol. The van der Waals surface area contributed by atoms with Crippen LogP contribution in [0.2, 0.25) is 0 Å². The summed E-state index contributed by atoms with van der Waals surface area (Å²) in [6.45, 7) is 5.37. The van der Waals surface area contributed by atoms with Crippen molar-refractivity contribution in [2.75, 3.05) is 6.54 Å². The number of halogens is 5. The van der Waals surface area contributed by atoms with Crippen LogP contribution in [0, 0.1) is 5.41 Å². The van der Waals surface area contributed by atoms with Gasteiger partial charge in [-0.3, -0.25) is 0 Å². The Kier molecular flexibility index (Phi) is 4.98. The van der Waals surface area contributed by atoms with E-state index < -0.39 is 37.0 Å². The predicted octanol–water partition coefficient (Wildman–Crippen LogP) is 2.94. The van der Waals surface area contributed by atoms with E-state index in [1.807, 2.05) is 5.32 Å². The highest BCUT2D eigenvalue weighted by atomic mass is 19.4. The Bertz CT molecular complexity index is 447. The first kappa shape index (κ1) is 18.9. The van der Waals surface area contributed by atoms with Crippen LogP contribution in [0.25, 0.3) is 0 Å². The zero-order valence-corrected chi connectivity index (χ0v) is 12.6. The molecule has 126 valence electrons. The van der Waals surface area contributed by atoms with E-state index in [4.69, 9.17) is 14.7 Å². The van der Waals surface area contributed by atoms with Crippen LogP contribution in [0.15, 0.2) is 11.7 Å². The molecule has 0 saturated carbocycles. The number of allylic oxidation sites excluding steroid dienone is 1. The van der Waals surface area contributed by atoms with Crippen LogP contribution in [0.3, 0.4) is 0 Å². The van der Waals surface area contributed by atoms with E-state index in [9.17, 15) is 22.0 Å². The highest BCUT2D eigenvalue weighted by Gasteiger charge is 2.57. The van der Waals surface area contributed by atoms with E-state index in [-0.39, 0.29) is 5.47 Å². The lowest BCUT2D eigenvalue weighted by Gasteiger charge is -2.32. The van der Waals surface area contributed by atoms with E-state index >= 15 is 0 Å². The van der Waals surface area contributed by atoms with Gasteiger partial charge in [-0.2, -0.15) is 22.0 Å². The van der Waals surface area contributed by atoms with Crippen molar-refractivity contribution in [1.29, 1.82) is 5.41 Å². The van der Waals surface area contributed by atoms with Crippen LogP contribution >= 0.6 is 0 Å². The normalized spacial score (nSPS) is 21.9. The van der Waals surface area contributed by atoms with Gasteiger partial charge in [-0.05, 0) is 33.9 Å². The first-order valence-corrected chi connectivity index (χ1v) is 6.48. The summed E-state index contributed by atoms with van der Waals surface area (Å²) in [6.07, 6.45) is -3.99. The molecule has 22 heavy (non-hydrogen) atoms. The standard InChI is InChI=1S/C12H18BF5N2O2/c1-9(2)10(3,4)22-13(21-9)8(5-19)6-20-7-11(14,15)12(16,17)18/h5-6,19-20H,7H2,1-4H3/b8-6+,19-5?. The summed E-state index contributed by atoms with van der Waals surface area (Å²) in [4.78, 5) is 0. The van der Waals surface area contributed by atoms with Gasteiger partial charge in [-0.25, -0.2) is 0 Å². The van der Waals surface area contributed by atoms with Crippen molar-refractivity contribution < 1.29 is 31.3 Å². The SMILES string of the molecule is CC1(C)OB(/C(C=N)=C/NCC(F)(F)C(F)(F)F)OC1(C)C. The molecule has 1 fully saturated rings. The molecule has 1 heterocycles. The second-order valence-electron chi connectivity index (χ2n) is 5.96. The van der Waals surface area contributed by atoms with Crippen LogP contribution in [0.4, 0.5) is 22.0 Å². The second-order valence-corrected chi connectivity index (χ2v) is 5.96. The number of hydrogen-bond donors (Lipinski definition) is 2. The Labute approximate surface area is 125 Å². The molecule has 1 aliphatic rings. The third-order valence-corrected chi connectivity index (χ3v) is 3.70. The summed E-state index contributed by atoms with van der Waals surface area (Å²) in [5.74, 6) is -4.87. The lowest BCUT2D eigenvalue weighted by molar-refractivity contribution is -0.278. The van der Waals surface area contributed by atoms with Gasteiger partial charge in [-0.1, -0.05) is 0 Å². The number of hydrogen-bond acceptors (Lipinski definition) is 4. The average Bonchev–Trinajstić information content (AvgIpc) is 2.52. The smallest absolute Gasteiger partial charge is 0.399 e. The van der Waals surface area contributed by atoms with Crippen molar-refractivity contribution in [3.63, 3.8) is 0 Å². The first-order valence-electron chi connectivity index (χ1n) is 6.48. The first-order chi connectivity index (χ1) is 9.73. The summed E-state index contributed by atoms with van der Waals surface area (Å²) in [5.41, 5.74) is -1.41. The third-order valence-electron chi connectivity index (χ3n) is 3.70. The fourth-order valence-corrected chi connectivity index (χ4v) is 1.55. The highest BCUT2D eigenvalue weighted by Crippen LogP contribution is 2.38. The zero-order valence-electron chi connectivity index (χ0n) is 12.6. The van der Waals surface area contributed by atoms with Gasteiger partial charge in [0, 0.05) is 11.7 Å². The second kappa shape index (κ2) is 5.80. The maximum atomic E-state index is 12.8. The van der Waals surface area contributed by atoms with E-state index in [0.29, 0.717) is 0 Å². The maximum absolute atomic E-state index is 12.8. The summed E-state index contributed by atoms with van der Waals surface area (Å²) < 4.78 is 72.8. The number of nitrogens with one attached hydrogen (secondary N) is 2. The number of rotatable bonds is 5. The molecule has 1 aliphatic heterocycles. The molecule has 0 aromatic carbocycles. The molecule has 0 aromatic heterocycles. The molecule has 4 nitrogen and oxygen atoms in total. The molecule has 0 aliphatic carbocycles. The summed E-state index contributed by atoms with van der Waals surface area (Å²) in [5, 5.41) is 9.11. The molecular weight excluding hydrogens is 310 g/mol. The summed E-state index contributed by atoms with van der Waals surface area (Å²) >= 11 is 0. The van der Waals surface area contributed by atoms with Crippen LogP contribution in [-0.2, 0) is 9.31 Å². The summed E-state index contributed by atoms with van der Waals surface area (Å²) in [6, 6.07) is 0. The van der Waals surface area contributed by atoms with Crippen molar-refractivity contribution in [1.82, 2.24) is 5.32 Å². The van der Waals surface area contributed by atoms with Gasteiger partial charge in [-0.15, -0.1) is 0 Å². The molecule has 1 saturated heterocycles. The molecule has 0 atom stereocenters. The Balaban J connectivity index is 2.76. The van der Waals surface area contributed by atoms with Gasteiger partial charge < -0.3 is 20.0 Å². The van der Waals surface area contributed by atoms with Crippen molar-refractivity contribution >= 4 is 13.3 Å². The molecule has 1 rings (SSSR count). The van der Waals surface area contributed by atoms with E-state index in [2.05, 4.69) is 0 Å². The predicted molar refractivity (Wildman–Crippen MR) is 72.0 cm³/mol. The van der Waals surface area contributed by atoms with Crippen molar-refractivity contribution in [3.05, 3.63) is 11.7 Å². The van der Waals surface area contributed by atoms with Crippen LogP contribution in [0.5, 0.6) is 0 Å². The van der Waals surface area contributed by atoms with Crippen molar-refractivity contribution in [3.8, 4) is 0 Å². The molecule has 10 heteroatoms. The lowest BCUT2D eigenvalue weighted by Crippen LogP contribution is -2.44. The van der Waals surface area contributed by atoms with Gasteiger partial charge in [0.25, 0.3) is 0 Å². The van der Waals surface area contributed by atoms with Gasteiger partial charge >= 0.3 is 19.2 Å². The molecular formula is C12H18BF5N2O2.